The maximum absolute atomic E-state index is 5.56. The van der Waals surface area contributed by atoms with Crippen LogP contribution in [-0.2, 0) is 6.54 Å². The molecule has 1 aromatic carbocycles. The van der Waals surface area contributed by atoms with Crippen LogP contribution in [0.5, 0.6) is 17.2 Å². The molecule has 0 heterocycles. The van der Waals surface area contributed by atoms with Crippen LogP contribution in [0.3, 0.4) is 0 Å². The summed E-state index contributed by atoms with van der Waals surface area (Å²) in [4.78, 5) is 4.37. The van der Waals surface area contributed by atoms with Gasteiger partial charge >= 0.3 is 0 Å². The van der Waals surface area contributed by atoms with E-state index in [1.54, 1.807) is 28.4 Å². The lowest BCUT2D eigenvalue weighted by molar-refractivity contribution is 0.104. The van der Waals surface area contributed by atoms with Gasteiger partial charge in [0.2, 0.25) is 5.75 Å². The standard InChI is InChI=1S/C21H35N3O3/c1-15(2)12-21(10-7-11-21)14-24-20(22-3)23-13-16-8-9-17(25-4)19(27-6)18(16)26-5/h8-9,15H,7,10-14H2,1-6H3,(H2,22,23,24). The number of aliphatic imine (C=N–C) groups is 1. The number of nitrogens with zero attached hydrogens (tertiary/aromatic N) is 1. The molecule has 2 rings (SSSR count). The first-order chi connectivity index (χ1) is 13.0. The Morgan fingerprint density at radius 2 is 1.78 bits per heavy atom. The summed E-state index contributed by atoms with van der Waals surface area (Å²) < 4.78 is 16.4. The lowest BCUT2D eigenvalue weighted by Crippen LogP contribution is -2.46. The Labute approximate surface area is 163 Å². The monoisotopic (exact) mass is 377 g/mol. The van der Waals surface area contributed by atoms with Gasteiger partial charge in [0, 0.05) is 25.7 Å². The van der Waals surface area contributed by atoms with Crippen LogP contribution in [0.15, 0.2) is 17.1 Å². The van der Waals surface area contributed by atoms with Crippen LogP contribution >= 0.6 is 0 Å². The molecular weight excluding hydrogens is 342 g/mol. The van der Waals surface area contributed by atoms with Gasteiger partial charge in [0.15, 0.2) is 17.5 Å². The van der Waals surface area contributed by atoms with E-state index < -0.39 is 0 Å². The van der Waals surface area contributed by atoms with Crippen molar-refractivity contribution in [1.29, 1.82) is 0 Å². The van der Waals surface area contributed by atoms with Crippen LogP contribution in [0.25, 0.3) is 0 Å². The Kier molecular flexibility index (Phi) is 7.63. The summed E-state index contributed by atoms with van der Waals surface area (Å²) >= 11 is 0. The zero-order valence-corrected chi connectivity index (χ0v) is 17.6. The minimum absolute atomic E-state index is 0.423. The molecule has 0 aliphatic heterocycles. The second-order valence-electron chi connectivity index (χ2n) is 7.72. The van der Waals surface area contributed by atoms with Gasteiger partial charge in [0.05, 0.1) is 21.3 Å². The highest BCUT2D eigenvalue weighted by atomic mass is 16.5. The van der Waals surface area contributed by atoms with Crippen molar-refractivity contribution in [3.63, 3.8) is 0 Å². The van der Waals surface area contributed by atoms with Gasteiger partial charge in [-0.2, -0.15) is 0 Å². The minimum Gasteiger partial charge on any atom is -0.493 e. The Morgan fingerprint density at radius 1 is 1.07 bits per heavy atom. The summed E-state index contributed by atoms with van der Waals surface area (Å²) in [6.07, 6.45) is 5.21. The summed E-state index contributed by atoms with van der Waals surface area (Å²) in [6.45, 7) is 6.15. The highest BCUT2D eigenvalue weighted by Gasteiger charge is 2.37. The van der Waals surface area contributed by atoms with Crippen LogP contribution in [-0.4, -0.2) is 40.9 Å². The molecule has 0 unspecified atom stereocenters. The van der Waals surface area contributed by atoms with E-state index >= 15 is 0 Å². The lowest BCUT2D eigenvalue weighted by Gasteiger charge is -2.43. The molecular formula is C21H35N3O3. The van der Waals surface area contributed by atoms with Crippen molar-refractivity contribution < 1.29 is 14.2 Å². The maximum atomic E-state index is 5.56. The zero-order chi connectivity index (χ0) is 19.9. The van der Waals surface area contributed by atoms with E-state index in [-0.39, 0.29) is 0 Å². The number of ether oxygens (including phenoxy) is 3. The van der Waals surface area contributed by atoms with Gasteiger partial charge in [-0.15, -0.1) is 0 Å². The summed E-state index contributed by atoms with van der Waals surface area (Å²) in [5.41, 5.74) is 1.41. The first kappa shape index (κ1) is 21.2. The number of benzene rings is 1. The molecule has 6 nitrogen and oxygen atoms in total. The Balaban J connectivity index is 2.00. The van der Waals surface area contributed by atoms with Crippen LogP contribution < -0.4 is 24.8 Å². The van der Waals surface area contributed by atoms with E-state index in [1.807, 2.05) is 12.1 Å². The van der Waals surface area contributed by atoms with Crippen molar-refractivity contribution in [2.45, 2.75) is 46.1 Å². The second-order valence-corrected chi connectivity index (χ2v) is 7.72. The average molecular weight is 378 g/mol. The van der Waals surface area contributed by atoms with Gasteiger partial charge < -0.3 is 24.8 Å². The molecule has 0 radical (unpaired) electrons. The van der Waals surface area contributed by atoms with E-state index in [2.05, 4.69) is 29.5 Å². The number of hydrogen-bond donors (Lipinski definition) is 2. The molecule has 0 bridgehead atoms. The van der Waals surface area contributed by atoms with E-state index in [1.165, 1.54) is 25.7 Å². The first-order valence-corrected chi connectivity index (χ1v) is 9.71. The number of rotatable bonds is 9. The van der Waals surface area contributed by atoms with Crippen molar-refractivity contribution in [2.24, 2.45) is 16.3 Å². The number of guanidine groups is 1. The first-order valence-electron chi connectivity index (χ1n) is 9.71. The third-order valence-corrected chi connectivity index (χ3v) is 5.34. The molecule has 1 aromatic rings. The predicted octanol–water partition coefficient (Wildman–Crippen LogP) is 3.59. The quantitative estimate of drug-likeness (QED) is 0.509. The minimum atomic E-state index is 0.423. The molecule has 0 spiro atoms. The highest BCUT2D eigenvalue weighted by molar-refractivity contribution is 5.79. The van der Waals surface area contributed by atoms with Crippen LogP contribution in [0.4, 0.5) is 0 Å². The fourth-order valence-electron chi connectivity index (χ4n) is 3.97. The molecule has 0 atom stereocenters. The van der Waals surface area contributed by atoms with E-state index in [0.29, 0.717) is 29.2 Å². The molecule has 152 valence electrons. The summed E-state index contributed by atoms with van der Waals surface area (Å²) in [7, 11) is 6.68. The topological polar surface area (TPSA) is 64.1 Å². The van der Waals surface area contributed by atoms with Gasteiger partial charge in [-0.05, 0) is 42.7 Å². The molecule has 1 aliphatic rings. The Bertz CT molecular complexity index is 640. The summed E-state index contributed by atoms with van der Waals surface area (Å²) in [5, 5.41) is 6.90. The smallest absolute Gasteiger partial charge is 0.203 e. The molecule has 0 saturated heterocycles. The van der Waals surface area contributed by atoms with Crippen LogP contribution in [0.2, 0.25) is 0 Å². The third kappa shape index (κ3) is 5.21. The van der Waals surface area contributed by atoms with Crippen molar-refractivity contribution in [3.05, 3.63) is 17.7 Å². The molecule has 0 amide bonds. The van der Waals surface area contributed by atoms with Gasteiger partial charge in [-0.3, -0.25) is 4.99 Å². The fraction of sp³-hybridized carbons (Fsp3) is 0.667. The largest absolute Gasteiger partial charge is 0.493 e. The van der Waals surface area contributed by atoms with Crippen molar-refractivity contribution in [2.75, 3.05) is 34.9 Å². The lowest BCUT2D eigenvalue weighted by atomic mass is 9.64. The molecule has 1 aliphatic carbocycles. The number of methoxy groups -OCH3 is 3. The molecule has 6 heteroatoms. The van der Waals surface area contributed by atoms with E-state index in [0.717, 1.165) is 24.0 Å². The van der Waals surface area contributed by atoms with Gasteiger partial charge in [0.25, 0.3) is 0 Å². The summed E-state index contributed by atoms with van der Waals surface area (Å²) in [5.74, 6) is 3.46. The van der Waals surface area contributed by atoms with E-state index in [4.69, 9.17) is 14.2 Å². The SMILES string of the molecule is CN=C(NCc1ccc(OC)c(OC)c1OC)NCC1(CC(C)C)CCC1. The molecule has 0 aromatic heterocycles. The van der Waals surface area contributed by atoms with Crippen molar-refractivity contribution in [1.82, 2.24) is 10.6 Å². The Morgan fingerprint density at radius 3 is 2.26 bits per heavy atom. The average Bonchev–Trinajstić information content (AvgIpc) is 2.64. The predicted molar refractivity (Wildman–Crippen MR) is 110 cm³/mol. The third-order valence-electron chi connectivity index (χ3n) is 5.34. The Hall–Kier alpha value is -2.11. The van der Waals surface area contributed by atoms with Crippen LogP contribution in [0.1, 0.15) is 45.1 Å². The van der Waals surface area contributed by atoms with Crippen molar-refractivity contribution in [3.8, 4) is 17.2 Å². The summed E-state index contributed by atoms with van der Waals surface area (Å²) in [6, 6.07) is 3.87. The zero-order valence-electron chi connectivity index (χ0n) is 17.6. The molecule has 27 heavy (non-hydrogen) atoms. The van der Waals surface area contributed by atoms with Crippen LogP contribution in [0, 0.1) is 11.3 Å². The fourth-order valence-corrected chi connectivity index (χ4v) is 3.97. The second kappa shape index (κ2) is 9.72. The molecule has 1 saturated carbocycles. The normalized spacial score (nSPS) is 15.9. The number of nitrogens with one attached hydrogen (secondary N) is 2. The van der Waals surface area contributed by atoms with E-state index in [9.17, 15) is 0 Å². The highest BCUT2D eigenvalue weighted by Crippen LogP contribution is 2.45. The van der Waals surface area contributed by atoms with Gasteiger partial charge in [-0.1, -0.05) is 20.3 Å². The maximum Gasteiger partial charge on any atom is 0.203 e. The van der Waals surface area contributed by atoms with Gasteiger partial charge in [-0.25, -0.2) is 0 Å². The van der Waals surface area contributed by atoms with Crippen molar-refractivity contribution >= 4 is 5.96 Å². The van der Waals surface area contributed by atoms with Gasteiger partial charge in [0.1, 0.15) is 0 Å². The molecule has 2 N–H and O–H groups in total. The number of hydrogen-bond acceptors (Lipinski definition) is 4. The molecule has 1 fully saturated rings.